The zero-order chi connectivity index (χ0) is 13.2. The molecule has 1 N–H and O–H groups in total. The third-order valence-corrected chi connectivity index (χ3v) is 4.87. The van der Waals surface area contributed by atoms with Crippen LogP contribution in [-0.2, 0) is 6.42 Å². The van der Waals surface area contributed by atoms with Crippen LogP contribution in [0.15, 0.2) is 18.2 Å². The van der Waals surface area contributed by atoms with Crippen molar-refractivity contribution < 1.29 is 5.11 Å². The Morgan fingerprint density at radius 1 is 1.26 bits per heavy atom. The van der Waals surface area contributed by atoms with Gasteiger partial charge >= 0.3 is 0 Å². The molecule has 19 heavy (non-hydrogen) atoms. The fourth-order valence-corrected chi connectivity index (χ4v) is 3.71. The summed E-state index contributed by atoms with van der Waals surface area (Å²) in [4.78, 5) is 2.33. The number of hydrogen-bond acceptors (Lipinski definition) is 2. The van der Waals surface area contributed by atoms with Gasteiger partial charge in [-0.05, 0) is 42.4 Å². The minimum Gasteiger partial charge on any atom is -0.388 e. The predicted molar refractivity (Wildman–Crippen MR) is 79.6 cm³/mol. The summed E-state index contributed by atoms with van der Waals surface area (Å²) in [5.74, 6) is 0.744. The maximum atomic E-state index is 10.4. The molecule has 1 aromatic rings. The molecule has 1 atom stereocenters. The SMILES string of the molecule is CN1CCCc2cc(C(O)CC3CCCC3)ccc21. The Morgan fingerprint density at radius 3 is 2.84 bits per heavy atom. The molecule has 104 valence electrons. The van der Waals surface area contributed by atoms with Gasteiger partial charge in [-0.25, -0.2) is 0 Å². The molecule has 1 heterocycles. The quantitative estimate of drug-likeness (QED) is 0.895. The minimum absolute atomic E-state index is 0.263. The van der Waals surface area contributed by atoms with Gasteiger partial charge < -0.3 is 10.0 Å². The summed E-state index contributed by atoms with van der Waals surface area (Å²) in [5, 5.41) is 10.4. The van der Waals surface area contributed by atoms with Crippen LogP contribution in [0.5, 0.6) is 0 Å². The van der Waals surface area contributed by atoms with Gasteiger partial charge in [0.25, 0.3) is 0 Å². The van der Waals surface area contributed by atoms with Crippen molar-refractivity contribution in [3.63, 3.8) is 0 Å². The Bertz CT molecular complexity index is 437. The van der Waals surface area contributed by atoms with E-state index in [0.717, 1.165) is 30.9 Å². The molecule has 1 fully saturated rings. The van der Waals surface area contributed by atoms with E-state index in [1.165, 1.54) is 43.4 Å². The number of hydrogen-bond donors (Lipinski definition) is 1. The second kappa shape index (κ2) is 5.54. The number of aliphatic hydroxyl groups is 1. The zero-order valence-electron chi connectivity index (χ0n) is 11.9. The second-order valence-corrected chi connectivity index (χ2v) is 6.32. The van der Waals surface area contributed by atoms with Crippen LogP contribution in [0.4, 0.5) is 5.69 Å². The largest absolute Gasteiger partial charge is 0.388 e. The summed E-state index contributed by atoms with van der Waals surface area (Å²) in [7, 11) is 2.16. The zero-order valence-corrected chi connectivity index (χ0v) is 11.9. The van der Waals surface area contributed by atoms with Crippen LogP contribution in [0, 0.1) is 5.92 Å². The summed E-state index contributed by atoms with van der Waals surface area (Å²) in [6.45, 7) is 1.15. The normalized spacial score (nSPS) is 21.5. The fraction of sp³-hybridized carbons (Fsp3) is 0.647. The van der Waals surface area contributed by atoms with E-state index in [-0.39, 0.29) is 6.10 Å². The van der Waals surface area contributed by atoms with Gasteiger partial charge in [-0.2, -0.15) is 0 Å². The van der Waals surface area contributed by atoms with E-state index in [9.17, 15) is 5.11 Å². The predicted octanol–water partition coefficient (Wildman–Crippen LogP) is 3.68. The first-order chi connectivity index (χ1) is 9.24. The third-order valence-electron chi connectivity index (χ3n) is 4.87. The highest BCUT2D eigenvalue weighted by molar-refractivity contribution is 5.56. The van der Waals surface area contributed by atoms with Gasteiger partial charge in [0.1, 0.15) is 0 Å². The van der Waals surface area contributed by atoms with Gasteiger partial charge in [0.05, 0.1) is 6.10 Å². The average Bonchev–Trinajstić information content (AvgIpc) is 2.91. The molecule has 0 spiro atoms. The Morgan fingerprint density at radius 2 is 2.05 bits per heavy atom. The second-order valence-electron chi connectivity index (χ2n) is 6.32. The van der Waals surface area contributed by atoms with Crippen molar-refractivity contribution in [2.75, 3.05) is 18.5 Å². The number of nitrogens with zero attached hydrogens (tertiary/aromatic N) is 1. The maximum Gasteiger partial charge on any atom is 0.0792 e. The Kier molecular flexibility index (Phi) is 3.79. The molecule has 0 radical (unpaired) electrons. The van der Waals surface area contributed by atoms with Crippen molar-refractivity contribution in [2.24, 2.45) is 5.92 Å². The molecule has 0 bridgehead atoms. The first kappa shape index (κ1) is 13.0. The van der Waals surface area contributed by atoms with E-state index in [2.05, 4.69) is 30.1 Å². The Labute approximate surface area is 116 Å². The number of anilines is 1. The lowest BCUT2D eigenvalue weighted by Crippen LogP contribution is -2.24. The first-order valence-corrected chi connectivity index (χ1v) is 7.76. The molecule has 1 aliphatic heterocycles. The first-order valence-electron chi connectivity index (χ1n) is 7.76. The summed E-state index contributed by atoms with van der Waals surface area (Å²) >= 11 is 0. The van der Waals surface area contributed by atoms with Gasteiger partial charge in [0, 0.05) is 19.3 Å². The Balaban J connectivity index is 1.73. The van der Waals surface area contributed by atoms with Gasteiger partial charge in [-0.3, -0.25) is 0 Å². The molecule has 3 rings (SSSR count). The summed E-state index contributed by atoms with van der Waals surface area (Å²) < 4.78 is 0. The lowest BCUT2D eigenvalue weighted by atomic mass is 9.92. The highest BCUT2D eigenvalue weighted by Gasteiger charge is 2.21. The summed E-state index contributed by atoms with van der Waals surface area (Å²) in [5.41, 5.74) is 3.89. The van der Waals surface area contributed by atoms with Crippen molar-refractivity contribution in [3.05, 3.63) is 29.3 Å². The molecule has 1 aliphatic carbocycles. The molecule has 2 aliphatic rings. The van der Waals surface area contributed by atoms with Crippen LogP contribution in [0.1, 0.15) is 55.8 Å². The number of aliphatic hydroxyl groups excluding tert-OH is 1. The van der Waals surface area contributed by atoms with Gasteiger partial charge in [0.15, 0.2) is 0 Å². The molecule has 0 aromatic heterocycles. The molecule has 0 amide bonds. The van der Waals surface area contributed by atoms with E-state index in [0.29, 0.717) is 0 Å². The van der Waals surface area contributed by atoms with Crippen molar-refractivity contribution in [1.29, 1.82) is 0 Å². The molecular formula is C17H25NO. The van der Waals surface area contributed by atoms with Gasteiger partial charge in [-0.15, -0.1) is 0 Å². The number of fused-ring (bicyclic) bond motifs is 1. The van der Waals surface area contributed by atoms with E-state index in [1.54, 1.807) is 0 Å². The monoisotopic (exact) mass is 259 g/mol. The highest BCUT2D eigenvalue weighted by Crippen LogP contribution is 2.35. The lowest BCUT2D eigenvalue weighted by molar-refractivity contribution is 0.145. The number of benzene rings is 1. The smallest absolute Gasteiger partial charge is 0.0792 e. The number of rotatable bonds is 3. The summed E-state index contributed by atoms with van der Waals surface area (Å²) in [6, 6.07) is 6.56. The lowest BCUT2D eigenvalue weighted by Gasteiger charge is -2.28. The fourth-order valence-electron chi connectivity index (χ4n) is 3.71. The van der Waals surface area contributed by atoms with E-state index >= 15 is 0 Å². The molecule has 2 heteroatoms. The van der Waals surface area contributed by atoms with Crippen molar-refractivity contribution >= 4 is 5.69 Å². The third kappa shape index (κ3) is 2.79. The van der Waals surface area contributed by atoms with E-state index in [1.807, 2.05) is 0 Å². The van der Waals surface area contributed by atoms with Crippen LogP contribution in [0.2, 0.25) is 0 Å². The molecule has 1 aromatic carbocycles. The molecule has 0 saturated heterocycles. The molecule has 2 nitrogen and oxygen atoms in total. The molecule has 1 saturated carbocycles. The number of aryl methyl sites for hydroxylation is 1. The molecular weight excluding hydrogens is 234 g/mol. The minimum atomic E-state index is -0.263. The van der Waals surface area contributed by atoms with Crippen molar-refractivity contribution in [1.82, 2.24) is 0 Å². The topological polar surface area (TPSA) is 23.5 Å². The standard InChI is InChI=1S/C17H25NO/c1-18-10-4-7-14-12-15(8-9-16(14)18)17(19)11-13-5-2-3-6-13/h8-9,12-13,17,19H,2-7,10-11H2,1H3. The Hall–Kier alpha value is -1.02. The van der Waals surface area contributed by atoms with Crippen LogP contribution in [-0.4, -0.2) is 18.7 Å². The highest BCUT2D eigenvalue weighted by atomic mass is 16.3. The van der Waals surface area contributed by atoms with Gasteiger partial charge in [0.2, 0.25) is 0 Å². The van der Waals surface area contributed by atoms with Crippen LogP contribution in [0.3, 0.4) is 0 Å². The van der Waals surface area contributed by atoms with E-state index < -0.39 is 0 Å². The average molecular weight is 259 g/mol. The van der Waals surface area contributed by atoms with Crippen LogP contribution >= 0.6 is 0 Å². The van der Waals surface area contributed by atoms with Crippen molar-refractivity contribution in [3.8, 4) is 0 Å². The van der Waals surface area contributed by atoms with E-state index in [4.69, 9.17) is 0 Å². The van der Waals surface area contributed by atoms with Crippen molar-refractivity contribution in [2.45, 2.75) is 51.0 Å². The molecule has 1 unspecified atom stereocenters. The van der Waals surface area contributed by atoms with Crippen LogP contribution in [0.25, 0.3) is 0 Å². The summed E-state index contributed by atoms with van der Waals surface area (Å²) in [6.07, 6.45) is 8.40. The van der Waals surface area contributed by atoms with Gasteiger partial charge in [-0.1, -0.05) is 37.8 Å². The van der Waals surface area contributed by atoms with Crippen LogP contribution < -0.4 is 4.90 Å². The maximum absolute atomic E-state index is 10.4.